The molecule has 4 aromatic rings. The number of imidazole rings is 1. The van der Waals surface area contributed by atoms with Crippen LogP contribution < -0.4 is 4.74 Å². The van der Waals surface area contributed by atoms with Crippen LogP contribution in [0.25, 0.3) is 21.9 Å². The summed E-state index contributed by atoms with van der Waals surface area (Å²) in [5.41, 5.74) is 4.75. The van der Waals surface area contributed by atoms with E-state index in [2.05, 4.69) is 22.7 Å². The van der Waals surface area contributed by atoms with Crippen LogP contribution in [0.3, 0.4) is 0 Å². The van der Waals surface area contributed by atoms with Crippen LogP contribution >= 0.6 is 0 Å². The molecule has 1 aliphatic heterocycles. The number of aromatic nitrogens is 3. The number of benzene rings is 2. The lowest BCUT2D eigenvalue weighted by atomic mass is 9.96. The summed E-state index contributed by atoms with van der Waals surface area (Å²) in [7, 11) is 3.73. The van der Waals surface area contributed by atoms with E-state index in [0.29, 0.717) is 12.2 Å². The monoisotopic (exact) mass is 402 g/mol. The zero-order valence-electron chi connectivity index (χ0n) is 17.6. The second kappa shape index (κ2) is 7.20. The number of piperidine rings is 1. The summed E-state index contributed by atoms with van der Waals surface area (Å²) < 4.78 is 7.52. The summed E-state index contributed by atoms with van der Waals surface area (Å²) in [6, 6.07) is 14.1. The van der Waals surface area contributed by atoms with Gasteiger partial charge in [0.05, 0.1) is 18.1 Å². The molecule has 0 unspecified atom stereocenters. The van der Waals surface area contributed by atoms with E-state index >= 15 is 0 Å². The van der Waals surface area contributed by atoms with Crippen molar-refractivity contribution in [2.45, 2.75) is 25.7 Å². The summed E-state index contributed by atoms with van der Waals surface area (Å²) in [5.74, 6) is 2.16. The number of carbonyl (C=O) groups is 1. The van der Waals surface area contributed by atoms with Crippen molar-refractivity contribution in [3.8, 4) is 5.75 Å². The number of hydrogen-bond donors (Lipinski definition) is 1. The van der Waals surface area contributed by atoms with Crippen LogP contribution in [0.1, 0.15) is 40.6 Å². The number of ether oxygens (including phenoxy) is 1. The lowest BCUT2D eigenvalue weighted by Crippen LogP contribution is -2.40. The zero-order chi connectivity index (χ0) is 20.8. The molecule has 1 amide bonds. The summed E-state index contributed by atoms with van der Waals surface area (Å²) in [5, 5.41) is 1.03. The van der Waals surface area contributed by atoms with Crippen LogP contribution in [0.2, 0.25) is 0 Å². The first-order valence-corrected chi connectivity index (χ1v) is 10.4. The van der Waals surface area contributed by atoms with Gasteiger partial charge < -0.3 is 19.2 Å². The van der Waals surface area contributed by atoms with Crippen molar-refractivity contribution in [3.63, 3.8) is 0 Å². The standard InChI is InChI=1S/C24H26N4O2/c1-15-18-13-17(30-3)10-11-19(18)25-22(15)24(29)28-12-6-7-16(14-28)23-26-20-8-4-5-9-21(20)27(23)2/h4-5,8-11,13,16,25H,6-7,12,14H2,1-3H3/t16-/m1/s1. The summed E-state index contributed by atoms with van der Waals surface area (Å²) in [6.07, 6.45) is 2.02. The van der Waals surface area contributed by atoms with Gasteiger partial charge in [0.2, 0.25) is 0 Å². The highest BCUT2D eigenvalue weighted by Gasteiger charge is 2.30. The van der Waals surface area contributed by atoms with Gasteiger partial charge in [-0.3, -0.25) is 4.79 Å². The zero-order valence-corrected chi connectivity index (χ0v) is 17.6. The van der Waals surface area contributed by atoms with E-state index in [9.17, 15) is 4.79 Å². The molecule has 0 aliphatic carbocycles. The van der Waals surface area contributed by atoms with Crippen LogP contribution in [0.15, 0.2) is 42.5 Å². The average molecular weight is 402 g/mol. The summed E-state index contributed by atoms with van der Waals surface area (Å²) >= 11 is 0. The topological polar surface area (TPSA) is 63.2 Å². The van der Waals surface area contributed by atoms with Crippen molar-refractivity contribution < 1.29 is 9.53 Å². The Labute approximate surface area is 175 Å². The molecule has 6 nitrogen and oxygen atoms in total. The van der Waals surface area contributed by atoms with Gasteiger partial charge in [0.1, 0.15) is 17.3 Å². The van der Waals surface area contributed by atoms with Crippen LogP contribution in [-0.4, -0.2) is 45.5 Å². The summed E-state index contributed by atoms with van der Waals surface area (Å²) in [4.78, 5) is 23.6. The molecule has 1 N–H and O–H groups in total. The molecular formula is C24H26N4O2. The predicted molar refractivity (Wildman–Crippen MR) is 118 cm³/mol. The van der Waals surface area contributed by atoms with Gasteiger partial charge in [0.15, 0.2) is 0 Å². The molecule has 6 heteroatoms. The van der Waals surface area contributed by atoms with Crippen LogP contribution in [-0.2, 0) is 7.05 Å². The normalized spacial score (nSPS) is 17.0. The molecule has 0 radical (unpaired) electrons. The van der Waals surface area contributed by atoms with Crippen LogP contribution in [0.4, 0.5) is 0 Å². The molecule has 2 aromatic carbocycles. The van der Waals surface area contributed by atoms with Crippen molar-refractivity contribution in [2.75, 3.05) is 20.2 Å². The Morgan fingerprint density at radius 3 is 2.87 bits per heavy atom. The first-order chi connectivity index (χ1) is 14.6. The highest BCUT2D eigenvalue weighted by atomic mass is 16.5. The fourth-order valence-electron chi connectivity index (χ4n) is 4.71. The highest BCUT2D eigenvalue weighted by Crippen LogP contribution is 2.31. The predicted octanol–water partition coefficient (Wildman–Crippen LogP) is 4.39. The maximum Gasteiger partial charge on any atom is 0.270 e. The van der Waals surface area contributed by atoms with Crippen LogP contribution in [0, 0.1) is 6.92 Å². The average Bonchev–Trinajstić information content (AvgIpc) is 3.30. The number of amides is 1. The highest BCUT2D eigenvalue weighted by molar-refractivity contribution is 6.01. The number of fused-ring (bicyclic) bond motifs is 2. The number of nitrogens with one attached hydrogen (secondary N) is 1. The fraction of sp³-hybridized carbons (Fsp3) is 0.333. The van der Waals surface area contributed by atoms with Gasteiger partial charge in [-0.2, -0.15) is 0 Å². The minimum Gasteiger partial charge on any atom is -0.497 e. The van der Waals surface area contributed by atoms with E-state index < -0.39 is 0 Å². The Hall–Kier alpha value is -3.28. The molecule has 154 valence electrons. The van der Waals surface area contributed by atoms with Gasteiger partial charge in [0, 0.05) is 37.0 Å². The fourth-order valence-corrected chi connectivity index (χ4v) is 4.71. The third-order valence-corrected chi connectivity index (χ3v) is 6.37. The maximum atomic E-state index is 13.4. The number of para-hydroxylation sites is 2. The second-order valence-electron chi connectivity index (χ2n) is 8.14. The molecule has 30 heavy (non-hydrogen) atoms. The van der Waals surface area contributed by atoms with Gasteiger partial charge >= 0.3 is 0 Å². The first-order valence-electron chi connectivity index (χ1n) is 10.4. The number of aryl methyl sites for hydroxylation is 2. The smallest absolute Gasteiger partial charge is 0.270 e. The SMILES string of the molecule is COc1ccc2[nH]c(C(=O)N3CCC[C@@H](c4nc5ccccc5n4C)C3)c(C)c2c1. The van der Waals surface area contributed by atoms with Gasteiger partial charge in [0.25, 0.3) is 5.91 Å². The number of methoxy groups -OCH3 is 1. The second-order valence-corrected chi connectivity index (χ2v) is 8.14. The number of H-pyrrole nitrogens is 1. The van der Waals surface area contributed by atoms with Crippen molar-refractivity contribution >= 4 is 27.8 Å². The molecule has 1 atom stereocenters. The molecule has 0 saturated carbocycles. The maximum absolute atomic E-state index is 13.4. The molecule has 3 heterocycles. The van der Waals surface area contributed by atoms with Gasteiger partial charge in [-0.25, -0.2) is 4.98 Å². The molecule has 2 aromatic heterocycles. The molecule has 1 saturated heterocycles. The van der Waals surface area contributed by atoms with Gasteiger partial charge in [-0.15, -0.1) is 0 Å². The Balaban J connectivity index is 1.44. The Morgan fingerprint density at radius 2 is 2.07 bits per heavy atom. The Bertz CT molecular complexity index is 1250. The van der Waals surface area contributed by atoms with Gasteiger partial charge in [-0.05, 0) is 55.7 Å². The molecule has 1 aliphatic rings. The first kappa shape index (κ1) is 18.7. The van der Waals surface area contributed by atoms with Gasteiger partial charge in [-0.1, -0.05) is 12.1 Å². The summed E-state index contributed by atoms with van der Waals surface area (Å²) in [6.45, 7) is 3.46. The number of nitrogens with zero attached hydrogens (tertiary/aromatic N) is 3. The minimum atomic E-state index is 0.0612. The van der Waals surface area contributed by atoms with Crippen LogP contribution in [0.5, 0.6) is 5.75 Å². The molecular weight excluding hydrogens is 376 g/mol. The minimum absolute atomic E-state index is 0.0612. The number of aromatic amines is 1. The number of likely N-dealkylation sites (tertiary alicyclic amines) is 1. The van der Waals surface area contributed by atoms with E-state index in [1.807, 2.05) is 48.2 Å². The molecule has 0 spiro atoms. The molecule has 0 bridgehead atoms. The third kappa shape index (κ3) is 2.95. The quantitative estimate of drug-likeness (QED) is 0.553. The van der Waals surface area contributed by atoms with Crippen molar-refractivity contribution in [3.05, 3.63) is 59.5 Å². The van der Waals surface area contributed by atoms with Crippen molar-refractivity contribution in [1.29, 1.82) is 0 Å². The number of carbonyl (C=O) groups excluding carboxylic acids is 1. The number of rotatable bonds is 3. The van der Waals surface area contributed by atoms with E-state index in [4.69, 9.17) is 9.72 Å². The van der Waals surface area contributed by atoms with Crippen molar-refractivity contribution in [1.82, 2.24) is 19.4 Å². The van der Waals surface area contributed by atoms with Crippen molar-refractivity contribution in [2.24, 2.45) is 7.05 Å². The number of hydrogen-bond acceptors (Lipinski definition) is 3. The molecule has 5 rings (SSSR count). The Kier molecular flexibility index (Phi) is 4.50. The lowest BCUT2D eigenvalue weighted by Gasteiger charge is -2.32. The van der Waals surface area contributed by atoms with E-state index in [-0.39, 0.29) is 11.8 Å². The third-order valence-electron chi connectivity index (χ3n) is 6.37. The Morgan fingerprint density at radius 1 is 1.23 bits per heavy atom. The van der Waals surface area contributed by atoms with E-state index in [1.54, 1.807) is 7.11 Å². The molecule has 1 fully saturated rings. The largest absolute Gasteiger partial charge is 0.497 e. The van der Waals surface area contributed by atoms with E-state index in [0.717, 1.165) is 58.5 Å². The lowest BCUT2D eigenvalue weighted by molar-refractivity contribution is 0.0698. The van der Waals surface area contributed by atoms with E-state index in [1.165, 1.54) is 0 Å².